The number of rotatable bonds is 5. The Morgan fingerprint density at radius 2 is 1.02 bits per heavy atom. The lowest BCUT2D eigenvalue weighted by Crippen LogP contribution is -1.98. The van der Waals surface area contributed by atoms with Crippen LogP contribution in [0.5, 0.6) is 0 Å². The quantitative estimate of drug-likeness (QED) is 0.214. The first-order chi connectivity index (χ1) is 21.3. The molecule has 0 spiro atoms. The van der Waals surface area contributed by atoms with Crippen LogP contribution < -0.4 is 0 Å². The monoisotopic (exact) mass is 550 g/mol. The van der Waals surface area contributed by atoms with Gasteiger partial charge in [-0.05, 0) is 47.5 Å². The normalized spacial score (nSPS) is 11.3. The lowest BCUT2D eigenvalue weighted by molar-refractivity contribution is 1.13. The van der Waals surface area contributed by atoms with Gasteiger partial charge in [0, 0.05) is 39.3 Å². The van der Waals surface area contributed by atoms with E-state index in [4.69, 9.17) is 15.0 Å². The number of fused-ring (bicyclic) bond motifs is 3. The van der Waals surface area contributed by atoms with Gasteiger partial charge in [0.25, 0.3) is 0 Å². The standard InChI is InChI=1S/C39H26N4/c1-3-11-27(12-4-1)28-20-22-29(23-21-28)35-26-36(42-38(41-35)30-13-5-2-6-14-30)31-15-9-16-32(25-31)43-37-19-8-7-17-33(37)34-18-10-24-40-39(34)43/h1-26H. The molecule has 0 aliphatic heterocycles. The molecule has 4 heteroatoms. The van der Waals surface area contributed by atoms with E-state index < -0.39 is 0 Å². The zero-order valence-corrected chi connectivity index (χ0v) is 23.3. The highest BCUT2D eigenvalue weighted by Crippen LogP contribution is 2.33. The highest BCUT2D eigenvalue weighted by molar-refractivity contribution is 6.07. The second kappa shape index (κ2) is 10.5. The molecule has 0 saturated carbocycles. The number of pyridine rings is 1. The van der Waals surface area contributed by atoms with Crippen molar-refractivity contribution in [3.63, 3.8) is 0 Å². The number of hydrogen-bond donors (Lipinski definition) is 0. The summed E-state index contributed by atoms with van der Waals surface area (Å²) in [4.78, 5) is 14.9. The van der Waals surface area contributed by atoms with Crippen molar-refractivity contribution in [2.24, 2.45) is 0 Å². The van der Waals surface area contributed by atoms with E-state index in [1.807, 2.05) is 36.5 Å². The van der Waals surface area contributed by atoms with Crippen LogP contribution in [0.25, 0.3) is 72.7 Å². The number of hydrogen-bond acceptors (Lipinski definition) is 3. The second-order valence-corrected chi connectivity index (χ2v) is 10.5. The van der Waals surface area contributed by atoms with Crippen LogP contribution in [-0.2, 0) is 0 Å². The number of benzene rings is 5. The average molecular weight is 551 g/mol. The van der Waals surface area contributed by atoms with Crippen LogP contribution in [0.15, 0.2) is 158 Å². The summed E-state index contributed by atoms with van der Waals surface area (Å²) in [5.41, 5.74) is 10.3. The minimum Gasteiger partial charge on any atom is -0.294 e. The van der Waals surface area contributed by atoms with Crippen LogP contribution in [0.1, 0.15) is 0 Å². The minimum absolute atomic E-state index is 0.698. The number of para-hydroxylation sites is 1. The molecule has 0 radical (unpaired) electrons. The molecule has 0 amide bonds. The van der Waals surface area contributed by atoms with Gasteiger partial charge in [-0.3, -0.25) is 4.57 Å². The third-order valence-corrected chi connectivity index (χ3v) is 7.88. The Morgan fingerprint density at radius 3 is 1.81 bits per heavy atom. The molecule has 0 fully saturated rings. The number of nitrogens with zero attached hydrogens (tertiary/aromatic N) is 4. The lowest BCUT2D eigenvalue weighted by atomic mass is 10.0. The SMILES string of the molecule is c1ccc(-c2ccc(-c3cc(-c4cccc(-n5c6ccccc6c6cccnc65)c4)nc(-c4ccccc4)n3)cc2)cc1. The van der Waals surface area contributed by atoms with Gasteiger partial charge in [0.2, 0.25) is 0 Å². The first-order valence-electron chi connectivity index (χ1n) is 14.4. The van der Waals surface area contributed by atoms with Crippen LogP contribution in [0.2, 0.25) is 0 Å². The number of aromatic nitrogens is 4. The molecule has 0 N–H and O–H groups in total. The summed E-state index contributed by atoms with van der Waals surface area (Å²) in [6.45, 7) is 0. The third-order valence-electron chi connectivity index (χ3n) is 7.88. The summed E-state index contributed by atoms with van der Waals surface area (Å²) in [6, 6.07) is 52.4. The van der Waals surface area contributed by atoms with E-state index in [0.29, 0.717) is 5.82 Å². The van der Waals surface area contributed by atoms with Crippen molar-refractivity contribution in [2.75, 3.05) is 0 Å². The lowest BCUT2D eigenvalue weighted by Gasteiger charge is -2.12. The molecule has 0 atom stereocenters. The second-order valence-electron chi connectivity index (χ2n) is 10.5. The van der Waals surface area contributed by atoms with E-state index in [9.17, 15) is 0 Å². The summed E-state index contributed by atoms with van der Waals surface area (Å²) in [5, 5.41) is 2.32. The van der Waals surface area contributed by atoms with Crippen molar-refractivity contribution in [1.82, 2.24) is 19.5 Å². The maximum absolute atomic E-state index is 5.08. The van der Waals surface area contributed by atoms with Gasteiger partial charge in [-0.2, -0.15) is 0 Å². The Kier molecular flexibility index (Phi) is 6.08. The van der Waals surface area contributed by atoms with Gasteiger partial charge >= 0.3 is 0 Å². The Labute approximate surface area is 249 Å². The van der Waals surface area contributed by atoms with Crippen molar-refractivity contribution in [3.05, 3.63) is 158 Å². The third kappa shape index (κ3) is 4.55. The molecular weight excluding hydrogens is 524 g/mol. The molecule has 0 bridgehead atoms. The van der Waals surface area contributed by atoms with Crippen molar-refractivity contribution < 1.29 is 0 Å². The van der Waals surface area contributed by atoms with E-state index in [0.717, 1.165) is 50.3 Å². The van der Waals surface area contributed by atoms with Gasteiger partial charge < -0.3 is 0 Å². The molecule has 4 nitrogen and oxygen atoms in total. The zero-order valence-electron chi connectivity index (χ0n) is 23.3. The minimum atomic E-state index is 0.698. The molecule has 202 valence electrons. The van der Waals surface area contributed by atoms with E-state index in [1.54, 1.807) is 0 Å². The first-order valence-corrected chi connectivity index (χ1v) is 14.4. The maximum Gasteiger partial charge on any atom is 0.160 e. The molecule has 0 unspecified atom stereocenters. The molecule has 5 aromatic carbocycles. The van der Waals surface area contributed by atoms with Crippen molar-refractivity contribution in [2.45, 2.75) is 0 Å². The summed E-state index contributed by atoms with van der Waals surface area (Å²) >= 11 is 0. The average Bonchev–Trinajstić information content (AvgIpc) is 3.43. The smallest absolute Gasteiger partial charge is 0.160 e. The molecule has 0 saturated heterocycles. The van der Waals surface area contributed by atoms with E-state index in [2.05, 4.69) is 126 Å². The summed E-state index contributed by atoms with van der Waals surface area (Å²) in [7, 11) is 0. The van der Waals surface area contributed by atoms with Crippen LogP contribution in [0, 0.1) is 0 Å². The van der Waals surface area contributed by atoms with Gasteiger partial charge in [-0.25, -0.2) is 15.0 Å². The summed E-state index contributed by atoms with van der Waals surface area (Å²) in [6.07, 6.45) is 1.85. The molecule has 3 aromatic heterocycles. The van der Waals surface area contributed by atoms with Crippen LogP contribution in [0.4, 0.5) is 0 Å². The predicted molar refractivity (Wildman–Crippen MR) is 176 cm³/mol. The fourth-order valence-corrected chi connectivity index (χ4v) is 5.78. The molecule has 0 aliphatic carbocycles. The van der Waals surface area contributed by atoms with Gasteiger partial charge in [0.1, 0.15) is 5.65 Å². The van der Waals surface area contributed by atoms with Gasteiger partial charge in [-0.15, -0.1) is 0 Å². The van der Waals surface area contributed by atoms with Gasteiger partial charge in [0.15, 0.2) is 5.82 Å². The molecule has 8 rings (SSSR count). The molecule has 0 aliphatic rings. The highest BCUT2D eigenvalue weighted by Gasteiger charge is 2.15. The molecule has 3 heterocycles. The van der Waals surface area contributed by atoms with Crippen molar-refractivity contribution in [3.8, 4) is 50.7 Å². The van der Waals surface area contributed by atoms with Crippen molar-refractivity contribution in [1.29, 1.82) is 0 Å². The fourth-order valence-electron chi connectivity index (χ4n) is 5.78. The summed E-state index contributed by atoms with van der Waals surface area (Å²) in [5.74, 6) is 0.698. The van der Waals surface area contributed by atoms with E-state index in [-0.39, 0.29) is 0 Å². The Hall–Kier alpha value is -5.87. The topological polar surface area (TPSA) is 43.6 Å². The van der Waals surface area contributed by atoms with Crippen LogP contribution >= 0.6 is 0 Å². The maximum atomic E-state index is 5.08. The fraction of sp³-hybridized carbons (Fsp3) is 0. The summed E-state index contributed by atoms with van der Waals surface area (Å²) < 4.78 is 2.23. The Bertz CT molecular complexity index is 2160. The first kappa shape index (κ1) is 24.9. The van der Waals surface area contributed by atoms with Gasteiger partial charge in [0.05, 0.1) is 16.9 Å². The molecular formula is C39H26N4. The van der Waals surface area contributed by atoms with E-state index in [1.165, 1.54) is 16.5 Å². The largest absolute Gasteiger partial charge is 0.294 e. The zero-order chi connectivity index (χ0) is 28.6. The van der Waals surface area contributed by atoms with Crippen LogP contribution in [-0.4, -0.2) is 19.5 Å². The van der Waals surface area contributed by atoms with E-state index >= 15 is 0 Å². The molecule has 43 heavy (non-hydrogen) atoms. The Morgan fingerprint density at radius 1 is 0.419 bits per heavy atom. The van der Waals surface area contributed by atoms with Crippen molar-refractivity contribution >= 4 is 21.9 Å². The van der Waals surface area contributed by atoms with Gasteiger partial charge in [-0.1, -0.05) is 115 Å². The Balaban J connectivity index is 1.27. The van der Waals surface area contributed by atoms with Crippen LogP contribution in [0.3, 0.4) is 0 Å². The molecule has 8 aromatic rings. The predicted octanol–water partition coefficient (Wildman–Crippen LogP) is 9.64. The highest BCUT2D eigenvalue weighted by atomic mass is 15.0.